The summed E-state index contributed by atoms with van der Waals surface area (Å²) in [4.78, 5) is 2.46. The van der Waals surface area contributed by atoms with Crippen LogP contribution in [0.2, 0.25) is 5.02 Å². The topological polar surface area (TPSA) is 8.17 Å². The number of halogens is 1. The third kappa shape index (κ3) is 1.28. The van der Waals surface area contributed by atoms with Gasteiger partial charge < -0.3 is 4.57 Å². The molecule has 0 bridgehead atoms. The highest BCUT2D eigenvalue weighted by Crippen LogP contribution is 2.39. The van der Waals surface area contributed by atoms with E-state index in [1.807, 2.05) is 6.07 Å². The van der Waals surface area contributed by atoms with Crippen molar-refractivity contribution in [2.75, 3.05) is 13.6 Å². The lowest BCUT2D eigenvalue weighted by molar-refractivity contribution is 0.260. The molecule has 0 N–H and O–H groups in total. The largest absolute Gasteiger partial charge is 0.345 e. The maximum atomic E-state index is 6.28. The van der Waals surface area contributed by atoms with Gasteiger partial charge >= 0.3 is 0 Å². The lowest BCUT2D eigenvalue weighted by Crippen LogP contribution is -2.41. The van der Waals surface area contributed by atoms with Crippen molar-refractivity contribution in [3.8, 4) is 0 Å². The summed E-state index contributed by atoms with van der Waals surface area (Å²) < 4.78 is 2.35. The molecule has 2 aliphatic rings. The molecule has 4 rings (SSSR count). The molecular formula is C15H15ClN2. The Balaban J connectivity index is 2.04. The predicted molar refractivity (Wildman–Crippen MR) is 76.0 cm³/mol. The van der Waals surface area contributed by atoms with E-state index in [4.69, 9.17) is 11.6 Å². The smallest absolute Gasteiger partial charge is 0.0572 e. The van der Waals surface area contributed by atoms with Crippen molar-refractivity contribution in [3.63, 3.8) is 0 Å². The Labute approximate surface area is 111 Å². The Hall–Kier alpha value is -1.25. The molecule has 0 aliphatic carbocycles. The van der Waals surface area contributed by atoms with E-state index in [9.17, 15) is 0 Å². The molecule has 2 aliphatic heterocycles. The summed E-state index contributed by atoms with van der Waals surface area (Å²) in [6.07, 6.45) is 5.72. The van der Waals surface area contributed by atoms with Gasteiger partial charge in [0.2, 0.25) is 0 Å². The van der Waals surface area contributed by atoms with Crippen molar-refractivity contribution >= 4 is 28.1 Å². The van der Waals surface area contributed by atoms with Crippen molar-refractivity contribution in [1.29, 1.82) is 0 Å². The molecule has 1 aromatic carbocycles. The highest BCUT2D eigenvalue weighted by Gasteiger charge is 2.30. The first-order valence-corrected chi connectivity index (χ1v) is 6.81. The fourth-order valence-electron chi connectivity index (χ4n) is 3.34. The fourth-order valence-corrected chi connectivity index (χ4v) is 3.56. The molecule has 2 nitrogen and oxygen atoms in total. The SMILES string of the molecule is CN1CCC=C2c3ccc(Cl)c4ccn(c34)C[C@@H]21. The molecule has 2 aromatic rings. The van der Waals surface area contributed by atoms with E-state index < -0.39 is 0 Å². The number of benzene rings is 1. The van der Waals surface area contributed by atoms with Gasteiger partial charge in [-0.05, 0) is 31.2 Å². The summed E-state index contributed by atoms with van der Waals surface area (Å²) in [6.45, 7) is 2.20. The van der Waals surface area contributed by atoms with Gasteiger partial charge in [0.25, 0.3) is 0 Å². The van der Waals surface area contributed by atoms with Crippen LogP contribution < -0.4 is 0 Å². The summed E-state index contributed by atoms with van der Waals surface area (Å²) >= 11 is 6.28. The van der Waals surface area contributed by atoms with E-state index in [1.54, 1.807) is 0 Å². The Morgan fingerprint density at radius 2 is 2.17 bits per heavy atom. The molecule has 0 spiro atoms. The van der Waals surface area contributed by atoms with Crippen molar-refractivity contribution in [2.24, 2.45) is 0 Å². The summed E-state index contributed by atoms with van der Waals surface area (Å²) in [6, 6.07) is 6.86. The van der Waals surface area contributed by atoms with E-state index in [-0.39, 0.29) is 0 Å². The molecule has 92 valence electrons. The van der Waals surface area contributed by atoms with Crippen LogP contribution in [0.3, 0.4) is 0 Å². The Morgan fingerprint density at radius 3 is 3.06 bits per heavy atom. The lowest BCUT2D eigenvalue weighted by atomic mass is 9.89. The van der Waals surface area contributed by atoms with E-state index in [0.29, 0.717) is 6.04 Å². The molecule has 1 aromatic heterocycles. The molecule has 0 fully saturated rings. The second-order valence-electron chi connectivity index (χ2n) is 5.27. The van der Waals surface area contributed by atoms with Crippen LogP contribution in [-0.4, -0.2) is 29.1 Å². The van der Waals surface area contributed by atoms with E-state index >= 15 is 0 Å². The van der Waals surface area contributed by atoms with Crippen LogP contribution in [0.15, 0.2) is 30.5 Å². The summed E-state index contributed by atoms with van der Waals surface area (Å²) in [5.74, 6) is 0. The van der Waals surface area contributed by atoms with Crippen LogP contribution in [0.1, 0.15) is 12.0 Å². The van der Waals surface area contributed by atoms with Crippen molar-refractivity contribution in [1.82, 2.24) is 9.47 Å². The first kappa shape index (κ1) is 10.7. The van der Waals surface area contributed by atoms with Crippen LogP contribution >= 0.6 is 11.6 Å². The molecule has 0 radical (unpaired) electrons. The van der Waals surface area contributed by atoms with Gasteiger partial charge in [-0.25, -0.2) is 0 Å². The second-order valence-corrected chi connectivity index (χ2v) is 5.68. The highest BCUT2D eigenvalue weighted by atomic mass is 35.5. The molecule has 3 heteroatoms. The van der Waals surface area contributed by atoms with Crippen LogP contribution in [0.5, 0.6) is 0 Å². The van der Waals surface area contributed by atoms with E-state index in [0.717, 1.165) is 24.5 Å². The molecule has 1 atom stereocenters. The average Bonchev–Trinajstić information content (AvgIpc) is 2.79. The third-order valence-electron chi connectivity index (χ3n) is 4.29. The van der Waals surface area contributed by atoms with Crippen molar-refractivity contribution < 1.29 is 0 Å². The minimum atomic E-state index is 0.517. The lowest BCUT2D eigenvalue weighted by Gasteiger charge is -2.37. The quantitative estimate of drug-likeness (QED) is 0.703. The molecule has 3 heterocycles. The zero-order valence-corrected chi connectivity index (χ0v) is 11.1. The number of fused-ring (bicyclic) bond motifs is 2. The van der Waals surface area contributed by atoms with Crippen LogP contribution in [0.25, 0.3) is 16.5 Å². The van der Waals surface area contributed by atoms with Gasteiger partial charge in [0.05, 0.1) is 11.6 Å². The van der Waals surface area contributed by atoms with Gasteiger partial charge in [-0.1, -0.05) is 23.7 Å². The monoisotopic (exact) mass is 258 g/mol. The van der Waals surface area contributed by atoms with Gasteiger partial charge in [-0.15, -0.1) is 0 Å². The van der Waals surface area contributed by atoms with Crippen LogP contribution in [0.4, 0.5) is 0 Å². The van der Waals surface area contributed by atoms with Gasteiger partial charge in [-0.3, -0.25) is 4.90 Å². The first-order valence-electron chi connectivity index (χ1n) is 6.44. The standard InChI is InChI=1S/C15H15ClN2/c1-17-7-2-3-10-11-4-5-13(16)12-6-8-18(15(11)12)9-14(10)17/h3-6,8,14H,2,7,9H2,1H3/t14-/m0/s1. The van der Waals surface area contributed by atoms with Crippen LogP contribution in [-0.2, 0) is 6.54 Å². The average molecular weight is 259 g/mol. The fraction of sp³-hybridized carbons (Fsp3) is 0.333. The van der Waals surface area contributed by atoms with Crippen molar-refractivity contribution in [2.45, 2.75) is 19.0 Å². The minimum Gasteiger partial charge on any atom is -0.345 e. The van der Waals surface area contributed by atoms with E-state index in [2.05, 4.69) is 40.9 Å². The summed E-state index contributed by atoms with van der Waals surface area (Å²) in [7, 11) is 2.22. The number of aromatic nitrogens is 1. The van der Waals surface area contributed by atoms with Gasteiger partial charge in [0.15, 0.2) is 0 Å². The zero-order chi connectivity index (χ0) is 12.3. The zero-order valence-electron chi connectivity index (χ0n) is 10.4. The highest BCUT2D eigenvalue weighted by molar-refractivity contribution is 6.35. The molecule has 18 heavy (non-hydrogen) atoms. The summed E-state index contributed by atoms with van der Waals surface area (Å²) in [5.41, 5.74) is 4.15. The molecule has 0 saturated carbocycles. The number of rotatable bonds is 0. The third-order valence-corrected chi connectivity index (χ3v) is 4.62. The Kier molecular flexibility index (Phi) is 2.14. The predicted octanol–water partition coefficient (Wildman–Crippen LogP) is 3.40. The molecular weight excluding hydrogens is 244 g/mol. The van der Waals surface area contributed by atoms with Gasteiger partial charge in [0.1, 0.15) is 0 Å². The number of hydrogen-bond acceptors (Lipinski definition) is 1. The Morgan fingerprint density at radius 1 is 1.28 bits per heavy atom. The second kappa shape index (κ2) is 3.62. The Bertz CT molecular complexity index is 668. The maximum Gasteiger partial charge on any atom is 0.0572 e. The van der Waals surface area contributed by atoms with Gasteiger partial charge in [0, 0.05) is 35.3 Å². The van der Waals surface area contributed by atoms with Crippen LogP contribution in [0, 0.1) is 0 Å². The van der Waals surface area contributed by atoms with E-state index in [1.165, 1.54) is 22.0 Å². The van der Waals surface area contributed by atoms with Crippen molar-refractivity contribution in [3.05, 3.63) is 41.1 Å². The number of hydrogen-bond donors (Lipinski definition) is 0. The number of likely N-dealkylation sites (N-methyl/N-ethyl adjacent to an activating group) is 1. The number of nitrogens with zero attached hydrogens (tertiary/aromatic N) is 2. The minimum absolute atomic E-state index is 0.517. The summed E-state index contributed by atoms with van der Waals surface area (Å²) in [5, 5.41) is 2.04. The normalized spacial score (nSPS) is 23.0. The molecule has 0 amide bonds. The van der Waals surface area contributed by atoms with Gasteiger partial charge in [-0.2, -0.15) is 0 Å². The maximum absolute atomic E-state index is 6.28. The molecule has 0 saturated heterocycles. The first-order chi connectivity index (χ1) is 8.75. The molecule has 0 unspecified atom stereocenters.